The van der Waals surface area contributed by atoms with Gasteiger partial charge in [0.05, 0.1) is 74.1 Å². The maximum atomic E-state index is 11.6. The van der Waals surface area contributed by atoms with Crippen LogP contribution in [0.3, 0.4) is 0 Å². The fraction of sp³-hybridized carbons (Fsp3) is 0.415. The third kappa shape index (κ3) is 34.4. The van der Waals surface area contributed by atoms with Crippen LogP contribution in [0.2, 0.25) is 39.1 Å². The molecular weight excluding hydrogens is 888 g/mol. The van der Waals surface area contributed by atoms with Crippen LogP contribution in [0.5, 0.6) is 0 Å². The minimum Gasteiger partial charge on any atom is -0.478 e. The van der Waals surface area contributed by atoms with E-state index in [0.717, 1.165) is 12.8 Å². The van der Waals surface area contributed by atoms with E-state index in [9.17, 15) is 19.2 Å². The quantitative estimate of drug-likeness (QED) is 0.0822. The number of methoxy groups -OCH3 is 1. The first-order valence-electron chi connectivity index (χ1n) is 18.6. The molecule has 0 unspecified atom stereocenters. The Kier molecular flexibility index (Phi) is 48.7. The van der Waals surface area contributed by atoms with Crippen LogP contribution in [-0.4, -0.2) is 134 Å². The second kappa shape index (κ2) is 44.9. The fourth-order valence-electron chi connectivity index (χ4n) is 3.85. The van der Waals surface area contributed by atoms with Gasteiger partial charge in [-0.05, 0) is 79.5 Å². The number of nitrogens with one attached hydrogen (secondary N) is 1. The molecule has 14 nitrogen and oxygen atoms in total. The Hall–Kier alpha value is -3.70. The second-order valence-corrected chi connectivity index (χ2v) is 13.2. The second-order valence-electron chi connectivity index (χ2n) is 11.5. The maximum absolute atomic E-state index is 11.6. The zero-order chi connectivity index (χ0) is 50.1. The van der Waals surface area contributed by atoms with E-state index in [1.807, 2.05) is 21.0 Å². The largest absolute Gasteiger partial charge is 0.478 e. The molecule has 22 heteroatoms. The Balaban J connectivity index is -0.000000217. The van der Waals surface area contributed by atoms with E-state index in [4.69, 9.17) is 80.2 Å². The topological polar surface area (TPSA) is 234 Å². The van der Waals surface area contributed by atoms with Gasteiger partial charge in [0.15, 0.2) is 17.3 Å². The highest BCUT2D eigenvalue weighted by atomic mass is 35.5. The van der Waals surface area contributed by atoms with E-state index < -0.39 is 5.97 Å². The van der Waals surface area contributed by atoms with Gasteiger partial charge in [-0.3, -0.25) is 34.3 Å². The predicted molar refractivity (Wildman–Crippen MR) is 262 cm³/mol. The molecule has 0 atom stereocenters. The van der Waals surface area contributed by atoms with Crippen molar-refractivity contribution in [3.05, 3.63) is 114 Å². The predicted octanol–water partition coefficient (Wildman–Crippen LogP) is 6.70. The number of aliphatic hydroxyl groups is 1. The van der Waals surface area contributed by atoms with Crippen molar-refractivity contribution in [3.63, 3.8) is 0 Å². The van der Waals surface area contributed by atoms with E-state index in [-0.39, 0.29) is 29.4 Å². The first-order chi connectivity index (χ1) is 29.8. The van der Waals surface area contributed by atoms with Gasteiger partial charge < -0.3 is 31.7 Å². The highest BCUT2D eigenvalue weighted by Gasteiger charge is 2.12. The number of carboxylic acid groups (broad SMARTS) is 1. The standard InChI is InChI=1S/C10H11BClNO.2C8H7BClNO.C8H8ClNO2.C2H7N.C2H6O.CH4BN.CH5N.CH4O/c1-6-8(10(14)3-4-11)5-9(12)7(2)13-6;2*9-2-1-8(12)6-3-7(10)5-11-4-6;1-4-6(8(11)12)3-7(9)5(2)10-4;2*1-3-2;2-1-3;2*1-2/h5H,3-4H2,1-2H3;2*3-5H,1-2H2;3H,1-2H3,(H,11,12);3H,1-2H3;1-2H3;1,3H2;2H2,1H3;2H,1H3. The monoisotopic (exact) mass is 945 g/mol. The molecule has 0 spiro atoms. The number of aryl methyl sites for hydroxylation is 4. The van der Waals surface area contributed by atoms with Crippen molar-refractivity contribution < 1.29 is 34.1 Å². The molecule has 0 bridgehead atoms. The Bertz CT molecular complexity index is 1810. The number of hydrogen-bond donors (Lipinski definition) is 5. The highest BCUT2D eigenvalue weighted by molar-refractivity contribution is 6.32. The number of hydrogen-bond acceptors (Lipinski definition) is 13. The summed E-state index contributed by atoms with van der Waals surface area (Å²) in [5.74, 6) is -1.04. The van der Waals surface area contributed by atoms with Crippen LogP contribution in [0.1, 0.15) is 83.5 Å². The van der Waals surface area contributed by atoms with Crippen molar-refractivity contribution in [2.45, 2.75) is 65.9 Å². The number of carbonyl (C=O) groups is 4. The molecule has 8 radical (unpaired) electrons. The minimum absolute atomic E-state index is 0.000556. The van der Waals surface area contributed by atoms with E-state index >= 15 is 0 Å². The van der Waals surface area contributed by atoms with Crippen molar-refractivity contribution in [1.82, 2.24) is 25.3 Å². The first-order valence-corrected chi connectivity index (χ1v) is 20.1. The smallest absolute Gasteiger partial charge is 0.337 e. The number of carboxylic acids is 1. The molecule has 0 fully saturated rings. The van der Waals surface area contributed by atoms with Gasteiger partial charge in [-0.1, -0.05) is 65.4 Å². The summed E-state index contributed by atoms with van der Waals surface area (Å²) in [4.78, 5) is 60.3. The van der Waals surface area contributed by atoms with Crippen LogP contribution in [0, 0.1) is 27.7 Å². The third-order valence-corrected chi connectivity index (χ3v) is 7.56. The van der Waals surface area contributed by atoms with Crippen LogP contribution in [0.15, 0.2) is 49.1 Å². The van der Waals surface area contributed by atoms with Crippen molar-refractivity contribution in [2.75, 3.05) is 48.9 Å². The normalized spacial score (nSPS) is 8.90. The highest BCUT2D eigenvalue weighted by Crippen LogP contribution is 2.19. The van der Waals surface area contributed by atoms with Crippen LogP contribution in [-0.2, 0) is 4.74 Å². The number of ketones is 3. The zero-order valence-corrected chi connectivity index (χ0v) is 40.8. The summed E-state index contributed by atoms with van der Waals surface area (Å²) in [6.07, 6.45) is 8.27. The van der Waals surface area contributed by atoms with Crippen LogP contribution >= 0.6 is 46.4 Å². The average Bonchev–Trinajstić information content (AvgIpc) is 3.24. The minimum atomic E-state index is -0.998. The molecule has 7 N–H and O–H groups in total. The van der Waals surface area contributed by atoms with Gasteiger partial charge in [-0.2, -0.15) is 0 Å². The number of nitrogens with zero attached hydrogens (tertiary/aromatic N) is 4. The molecule has 0 amide bonds. The molecule has 0 aliphatic heterocycles. The summed E-state index contributed by atoms with van der Waals surface area (Å²) < 4.78 is 4.25. The summed E-state index contributed by atoms with van der Waals surface area (Å²) >= 11 is 22.9. The molecule has 4 aromatic heterocycles. The Morgan fingerprint density at radius 2 is 0.905 bits per heavy atom. The van der Waals surface area contributed by atoms with Crippen LogP contribution < -0.4 is 16.8 Å². The van der Waals surface area contributed by atoms with Gasteiger partial charge in [0, 0.05) is 87.8 Å². The number of pyridine rings is 4. The lowest BCUT2D eigenvalue weighted by Gasteiger charge is -2.06. The van der Waals surface area contributed by atoms with E-state index in [2.05, 4.69) is 49.3 Å². The van der Waals surface area contributed by atoms with Crippen LogP contribution in [0.4, 0.5) is 0 Å². The molecule has 0 aliphatic carbocycles. The molecule has 4 aromatic rings. The number of aromatic carboxylic acids is 1. The molecule has 340 valence electrons. The number of ether oxygens (including phenoxy) is 1. The number of nitrogens with two attached hydrogens (primary N) is 2. The molecule has 4 heterocycles. The van der Waals surface area contributed by atoms with Gasteiger partial charge in [0.2, 0.25) is 0 Å². The number of carbonyl (C=O) groups excluding carboxylic acids is 3. The van der Waals surface area contributed by atoms with E-state index in [1.165, 1.54) is 37.9 Å². The molecule has 0 saturated carbocycles. The number of rotatable bonds is 10. The summed E-state index contributed by atoms with van der Waals surface area (Å²) in [5.41, 5.74) is 13.5. The van der Waals surface area contributed by atoms with Gasteiger partial charge >= 0.3 is 5.97 Å². The van der Waals surface area contributed by atoms with Gasteiger partial charge in [0.25, 0.3) is 0 Å². The fourth-order valence-corrected chi connectivity index (χ4v) is 4.50. The third-order valence-electron chi connectivity index (χ3n) is 6.38. The molecule has 0 aromatic carbocycles. The first kappa shape index (κ1) is 68.4. The van der Waals surface area contributed by atoms with Gasteiger partial charge in [-0.15, -0.1) is 0 Å². The maximum Gasteiger partial charge on any atom is 0.337 e. The summed E-state index contributed by atoms with van der Waals surface area (Å²) in [5, 5.41) is 20.3. The summed E-state index contributed by atoms with van der Waals surface area (Å²) in [7, 11) is 29.9. The van der Waals surface area contributed by atoms with Crippen molar-refractivity contribution in [1.29, 1.82) is 0 Å². The van der Waals surface area contributed by atoms with Crippen molar-refractivity contribution in [3.8, 4) is 0 Å². The Morgan fingerprint density at radius 3 is 1.19 bits per heavy atom. The zero-order valence-electron chi connectivity index (χ0n) is 37.8. The molecule has 63 heavy (non-hydrogen) atoms. The van der Waals surface area contributed by atoms with Gasteiger partial charge in [-0.25, -0.2) is 4.79 Å². The average molecular weight is 947 g/mol. The number of halogens is 4. The lowest BCUT2D eigenvalue weighted by atomic mass is 9.96. The molecule has 0 aliphatic rings. The molecule has 0 saturated heterocycles. The summed E-state index contributed by atoms with van der Waals surface area (Å²) in [6.45, 7) is 6.99. The van der Waals surface area contributed by atoms with E-state index in [1.54, 1.807) is 53.2 Å². The SMILES string of the molecule is CN.CNC.CO.COC.Cc1nc(C)c(C(=O)O)cc1Cl.[B]CCC(=O)c1cc(Cl)c(C)nc1C.[B]CCC(=O)c1cncc(Cl)c1.[B]CCC(=O)c1cncc(Cl)c1.[B]CN. The molecule has 4 rings (SSSR count). The number of aromatic nitrogens is 4. The number of Topliss-reactive ketones (excluding diaryl/α,β-unsaturated/α-hetero) is 3. The molecular formula is C41H59B4Cl4N7O7. The van der Waals surface area contributed by atoms with E-state index in [0.29, 0.717) is 92.1 Å². The Labute approximate surface area is 399 Å². The summed E-state index contributed by atoms with van der Waals surface area (Å²) in [6, 6.07) is 6.26. The van der Waals surface area contributed by atoms with Crippen molar-refractivity contribution in [2.24, 2.45) is 11.5 Å². The lowest BCUT2D eigenvalue weighted by Crippen LogP contribution is -2.04. The Morgan fingerprint density at radius 1 is 0.619 bits per heavy atom. The van der Waals surface area contributed by atoms with Crippen molar-refractivity contribution >= 4 is 101 Å². The van der Waals surface area contributed by atoms with Crippen LogP contribution in [0.25, 0.3) is 0 Å². The lowest BCUT2D eigenvalue weighted by molar-refractivity contribution is 0.0694. The number of aliphatic hydroxyl groups excluding tert-OH is 1. The van der Waals surface area contributed by atoms with Gasteiger partial charge in [0.1, 0.15) is 0 Å².